The molecule has 1 aromatic carbocycles. The third kappa shape index (κ3) is 4.55. The SMILES string of the molecule is CCC(NCC1CCCCC1C(=O)O)c1cccc(Br)c1. The highest BCUT2D eigenvalue weighted by molar-refractivity contribution is 9.10. The topological polar surface area (TPSA) is 49.3 Å². The van der Waals surface area contributed by atoms with Gasteiger partial charge < -0.3 is 10.4 Å². The molecule has 4 heteroatoms. The van der Waals surface area contributed by atoms with Gasteiger partial charge in [0.1, 0.15) is 0 Å². The lowest BCUT2D eigenvalue weighted by atomic mass is 9.79. The number of rotatable bonds is 6. The highest BCUT2D eigenvalue weighted by atomic mass is 79.9. The molecule has 1 saturated carbocycles. The summed E-state index contributed by atoms with van der Waals surface area (Å²) in [5.74, 6) is -0.541. The number of hydrogen-bond donors (Lipinski definition) is 2. The maximum atomic E-state index is 11.4. The smallest absolute Gasteiger partial charge is 0.306 e. The zero-order valence-corrected chi connectivity index (χ0v) is 14.1. The van der Waals surface area contributed by atoms with Gasteiger partial charge in [0.05, 0.1) is 5.92 Å². The third-order valence-corrected chi connectivity index (χ3v) is 5.01. The van der Waals surface area contributed by atoms with Gasteiger partial charge in [0, 0.05) is 10.5 Å². The van der Waals surface area contributed by atoms with Crippen LogP contribution in [0.5, 0.6) is 0 Å². The molecule has 0 aliphatic heterocycles. The molecule has 1 aliphatic rings. The predicted molar refractivity (Wildman–Crippen MR) is 88.3 cm³/mol. The molecule has 116 valence electrons. The fourth-order valence-corrected chi connectivity index (χ4v) is 3.71. The fraction of sp³-hybridized carbons (Fsp3) is 0.588. The first-order valence-electron chi connectivity index (χ1n) is 7.83. The Balaban J connectivity index is 1.97. The van der Waals surface area contributed by atoms with E-state index >= 15 is 0 Å². The molecule has 0 heterocycles. The van der Waals surface area contributed by atoms with Gasteiger partial charge in [-0.1, -0.05) is 47.8 Å². The van der Waals surface area contributed by atoms with Crippen LogP contribution in [0.2, 0.25) is 0 Å². The molecule has 2 rings (SSSR count). The lowest BCUT2D eigenvalue weighted by Crippen LogP contribution is -2.36. The summed E-state index contributed by atoms with van der Waals surface area (Å²) in [5, 5.41) is 12.9. The molecule has 3 unspecified atom stereocenters. The van der Waals surface area contributed by atoms with E-state index in [1.807, 2.05) is 12.1 Å². The van der Waals surface area contributed by atoms with E-state index in [2.05, 4.69) is 40.3 Å². The number of carboxylic acids is 1. The summed E-state index contributed by atoms with van der Waals surface area (Å²) in [7, 11) is 0. The first-order chi connectivity index (χ1) is 10.1. The van der Waals surface area contributed by atoms with Gasteiger partial charge >= 0.3 is 5.97 Å². The second-order valence-electron chi connectivity index (χ2n) is 5.91. The van der Waals surface area contributed by atoms with Crippen LogP contribution in [0.25, 0.3) is 0 Å². The molecule has 0 saturated heterocycles. The van der Waals surface area contributed by atoms with Crippen molar-refractivity contribution in [2.75, 3.05) is 6.54 Å². The van der Waals surface area contributed by atoms with Crippen LogP contribution >= 0.6 is 15.9 Å². The van der Waals surface area contributed by atoms with Crippen LogP contribution in [0.3, 0.4) is 0 Å². The van der Waals surface area contributed by atoms with Crippen molar-refractivity contribution in [2.24, 2.45) is 11.8 Å². The van der Waals surface area contributed by atoms with E-state index in [-0.39, 0.29) is 11.8 Å². The number of carboxylic acid groups (broad SMARTS) is 1. The van der Waals surface area contributed by atoms with Crippen LogP contribution in [0.1, 0.15) is 50.6 Å². The summed E-state index contributed by atoms with van der Waals surface area (Å²) in [4.78, 5) is 11.4. The first kappa shape index (κ1) is 16.5. The van der Waals surface area contributed by atoms with Crippen LogP contribution in [-0.4, -0.2) is 17.6 Å². The Morgan fingerprint density at radius 3 is 2.86 bits per heavy atom. The average molecular weight is 354 g/mol. The molecular weight excluding hydrogens is 330 g/mol. The fourth-order valence-electron chi connectivity index (χ4n) is 3.29. The number of carbonyl (C=O) groups is 1. The predicted octanol–water partition coefficient (Wildman–Crippen LogP) is 4.38. The quantitative estimate of drug-likeness (QED) is 0.797. The number of hydrogen-bond acceptors (Lipinski definition) is 2. The normalized spacial score (nSPS) is 23.7. The van der Waals surface area contributed by atoms with E-state index in [9.17, 15) is 9.90 Å². The minimum atomic E-state index is -0.628. The first-order valence-corrected chi connectivity index (χ1v) is 8.62. The van der Waals surface area contributed by atoms with Crippen molar-refractivity contribution < 1.29 is 9.90 Å². The molecule has 3 nitrogen and oxygen atoms in total. The van der Waals surface area contributed by atoms with Gasteiger partial charge in [-0.2, -0.15) is 0 Å². The second-order valence-corrected chi connectivity index (χ2v) is 6.83. The largest absolute Gasteiger partial charge is 0.481 e. The average Bonchev–Trinajstić information content (AvgIpc) is 2.48. The minimum Gasteiger partial charge on any atom is -0.481 e. The number of halogens is 1. The van der Waals surface area contributed by atoms with Crippen molar-refractivity contribution >= 4 is 21.9 Å². The van der Waals surface area contributed by atoms with Gasteiger partial charge in [-0.05, 0) is 49.4 Å². The van der Waals surface area contributed by atoms with Gasteiger partial charge in [-0.15, -0.1) is 0 Å². The van der Waals surface area contributed by atoms with E-state index < -0.39 is 5.97 Å². The standard InChI is InChI=1S/C17H24BrNO2/c1-2-16(12-7-5-8-14(18)10-12)19-11-13-6-3-4-9-15(13)17(20)21/h5,7-8,10,13,15-16,19H,2-4,6,9,11H2,1H3,(H,20,21). The number of aliphatic carboxylic acids is 1. The Bertz CT molecular complexity index is 478. The molecule has 1 aliphatic carbocycles. The van der Waals surface area contributed by atoms with E-state index in [1.54, 1.807) is 0 Å². The molecule has 0 radical (unpaired) electrons. The highest BCUT2D eigenvalue weighted by Gasteiger charge is 2.30. The Hall–Kier alpha value is -0.870. The maximum Gasteiger partial charge on any atom is 0.306 e. The minimum absolute atomic E-state index is 0.175. The van der Waals surface area contributed by atoms with Crippen LogP contribution in [0.4, 0.5) is 0 Å². The van der Waals surface area contributed by atoms with E-state index in [0.717, 1.165) is 43.1 Å². The van der Waals surface area contributed by atoms with Crippen LogP contribution in [0.15, 0.2) is 28.7 Å². The van der Waals surface area contributed by atoms with Crippen molar-refractivity contribution in [3.8, 4) is 0 Å². The third-order valence-electron chi connectivity index (χ3n) is 4.51. The van der Waals surface area contributed by atoms with Crippen molar-refractivity contribution in [2.45, 2.75) is 45.1 Å². The Labute approximate surface area is 135 Å². The highest BCUT2D eigenvalue weighted by Crippen LogP contribution is 2.30. The summed E-state index contributed by atoms with van der Waals surface area (Å²) >= 11 is 3.51. The van der Waals surface area contributed by atoms with Gasteiger partial charge in [0.15, 0.2) is 0 Å². The van der Waals surface area contributed by atoms with E-state index in [1.165, 1.54) is 5.56 Å². The van der Waals surface area contributed by atoms with Crippen LogP contribution < -0.4 is 5.32 Å². The molecule has 21 heavy (non-hydrogen) atoms. The lowest BCUT2D eigenvalue weighted by Gasteiger charge is -2.30. The summed E-state index contributed by atoms with van der Waals surface area (Å²) in [6, 6.07) is 8.62. The van der Waals surface area contributed by atoms with Gasteiger partial charge in [-0.25, -0.2) is 0 Å². The summed E-state index contributed by atoms with van der Waals surface area (Å²) < 4.78 is 1.08. The molecule has 0 aromatic heterocycles. The zero-order valence-electron chi connectivity index (χ0n) is 12.5. The summed E-state index contributed by atoms with van der Waals surface area (Å²) in [6.45, 7) is 2.95. The van der Waals surface area contributed by atoms with Crippen LogP contribution in [0, 0.1) is 11.8 Å². The van der Waals surface area contributed by atoms with Crippen molar-refractivity contribution in [3.05, 3.63) is 34.3 Å². The maximum absolute atomic E-state index is 11.4. The molecule has 3 atom stereocenters. The second kappa shape index (κ2) is 7.95. The Morgan fingerprint density at radius 1 is 1.43 bits per heavy atom. The molecular formula is C17H24BrNO2. The summed E-state index contributed by atoms with van der Waals surface area (Å²) in [5.41, 5.74) is 1.26. The van der Waals surface area contributed by atoms with E-state index in [0.29, 0.717) is 6.04 Å². The van der Waals surface area contributed by atoms with Gasteiger partial charge in [0.25, 0.3) is 0 Å². The molecule has 0 bridgehead atoms. The van der Waals surface area contributed by atoms with E-state index in [4.69, 9.17) is 0 Å². The van der Waals surface area contributed by atoms with Crippen molar-refractivity contribution in [3.63, 3.8) is 0 Å². The van der Waals surface area contributed by atoms with Crippen molar-refractivity contribution in [1.29, 1.82) is 0 Å². The summed E-state index contributed by atoms with van der Waals surface area (Å²) in [6.07, 6.45) is 5.06. The molecule has 1 aromatic rings. The van der Waals surface area contributed by atoms with Crippen molar-refractivity contribution in [1.82, 2.24) is 5.32 Å². The Morgan fingerprint density at radius 2 is 2.19 bits per heavy atom. The number of nitrogens with one attached hydrogen (secondary N) is 1. The molecule has 0 spiro atoms. The Kier molecular flexibility index (Phi) is 6.24. The van der Waals surface area contributed by atoms with Crippen LogP contribution in [-0.2, 0) is 4.79 Å². The molecule has 0 amide bonds. The zero-order chi connectivity index (χ0) is 15.2. The molecule has 2 N–H and O–H groups in total. The van der Waals surface area contributed by atoms with Gasteiger partial charge in [0.2, 0.25) is 0 Å². The monoisotopic (exact) mass is 353 g/mol. The number of benzene rings is 1. The lowest BCUT2D eigenvalue weighted by molar-refractivity contribution is -0.144. The van der Waals surface area contributed by atoms with Gasteiger partial charge in [-0.3, -0.25) is 4.79 Å². The molecule has 1 fully saturated rings.